The minimum atomic E-state index is -0.461. The molecule has 166 valence electrons. The first kappa shape index (κ1) is 20.8. The highest BCUT2D eigenvalue weighted by Gasteiger charge is 2.22. The van der Waals surface area contributed by atoms with Crippen LogP contribution in [-0.4, -0.2) is 42.2 Å². The van der Waals surface area contributed by atoms with E-state index in [1.54, 1.807) is 11.0 Å². The van der Waals surface area contributed by atoms with E-state index in [1.807, 2.05) is 48.5 Å². The number of para-hydroxylation sites is 1. The number of H-pyrrole nitrogens is 1. The number of rotatable bonds is 6. The number of benzene rings is 2. The molecule has 0 aliphatic heterocycles. The van der Waals surface area contributed by atoms with Gasteiger partial charge in [-0.1, -0.05) is 30.8 Å². The molecular weight excluding hydrogens is 430 g/mol. The molecule has 0 aliphatic carbocycles. The number of fused-ring (bicyclic) bond motifs is 2. The van der Waals surface area contributed by atoms with Crippen LogP contribution < -0.4 is 10.6 Å². The molecule has 10 nitrogen and oxygen atoms in total. The fraction of sp³-hybridized carbons (Fsp3) is 0.0833. The van der Waals surface area contributed by atoms with Crippen molar-refractivity contribution in [2.24, 2.45) is 0 Å². The number of carbonyl (C=O) groups excluding carboxylic acids is 1. The monoisotopic (exact) mass is 449 g/mol. The van der Waals surface area contributed by atoms with Gasteiger partial charge >= 0.3 is 0 Å². The topological polar surface area (TPSA) is 123 Å². The van der Waals surface area contributed by atoms with Crippen molar-refractivity contribution in [2.75, 3.05) is 17.2 Å². The predicted octanol–water partition coefficient (Wildman–Crippen LogP) is 3.42. The molecule has 10 heteroatoms. The van der Waals surface area contributed by atoms with E-state index in [2.05, 4.69) is 31.4 Å². The van der Waals surface area contributed by atoms with Crippen molar-refractivity contribution in [2.45, 2.75) is 6.54 Å². The summed E-state index contributed by atoms with van der Waals surface area (Å²) in [6.07, 6.45) is 3.02. The van der Waals surface area contributed by atoms with Crippen LogP contribution in [0.15, 0.2) is 73.5 Å². The molecule has 0 spiro atoms. The number of amides is 1. The van der Waals surface area contributed by atoms with Crippen molar-refractivity contribution in [1.82, 2.24) is 29.7 Å². The number of hydrogen-bond donors (Lipinski definition) is 2. The molecule has 0 unspecified atom stereocenters. The maximum Gasteiger partial charge on any atom is 0.256 e. The lowest BCUT2D eigenvalue weighted by Gasteiger charge is -2.22. The van der Waals surface area contributed by atoms with Crippen molar-refractivity contribution >= 4 is 39.5 Å². The van der Waals surface area contributed by atoms with Crippen molar-refractivity contribution in [1.29, 1.82) is 0 Å². The van der Waals surface area contributed by atoms with Crippen molar-refractivity contribution in [3.05, 3.63) is 84.9 Å². The number of imidazole rings is 1. The van der Waals surface area contributed by atoms with Gasteiger partial charge in [-0.25, -0.2) is 24.5 Å². The standard InChI is InChI=1S/C24H19N9O/c1-15(26-2)24(34)32(17-6-4-3-5-7-17)10-11-33-23-20(22(25)29-14-30-23)21(31-33)16-8-9-18-19(12-16)28-13-27-18/h3-9,12-14H,1,10-11H2,(H,27,28)(H2,25,29,30). The average Bonchev–Trinajstić information content (AvgIpc) is 3.49. The largest absolute Gasteiger partial charge is 0.383 e. The Morgan fingerprint density at radius 2 is 2.00 bits per heavy atom. The number of nitrogens with one attached hydrogen (secondary N) is 1. The van der Waals surface area contributed by atoms with E-state index in [9.17, 15) is 4.79 Å². The second-order valence-corrected chi connectivity index (χ2v) is 7.51. The summed E-state index contributed by atoms with van der Waals surface area (Å²) >= 11 is 0. The van der Waals surface area contributed by atoms with Gasteiger partial charge in [-0.3, -0.25) is 4.79 Å². The summed E-state index contributed by atoms with van der Waals surface area (Å²) in [7, 11) is 0. The van der Waals surface area contributed by atoms with Gasteiger partial charge in [0.1, 0.15) is 17.8 Å². The van der Waals surface area contributed by atoms with E-state index >= 15 is 0 Å². The smallest absolute Gasteiger partial charge is 0.256 e. The SMILES string of the molecule is [C-]#[N+]C(=C)C(=O)N(CCn1nc(-c2ccc3nc[nH]c3c2)c2c(N)ncnc21)c1ccccc1. The lowest BCUT2D eigenvalue weighted by atomic mass is 10.1. The minimum absolute atomic E-state index is 0.158. The van der Waals surface area contributed by atoms with Gasteiger partial charge in [-0.05, 0) is 24.3 Å². The van der Waals surface area contributed by atoms with E-state index in [0.29, 0.717) is 34.8 Å². The zero-order valence-electron chi connectivity index (χ0n) is 18.0. The number of hydrogen-bond acceptors (Lipinski definition) is 6. The van der Waals surface area contributed by atoms with Crippen LogP contribution in [0, 0.1) is 6.57 Å². The molecular formula is C24H19N9O. The maximum absolute atomic E-state index is 12.9. The van der Waals surface area contributed by atoms with E-state index in [-0.39, 0.29) is 12.2 Å². The van der Waals surface area contributed by atoms with Gasteiger partial charge in [-0.2, -0.15) is 5.10 Å². The molecule has 0 aliphatic rings. The van der Waals surface area contributed by atoms with Gasteiger partial charge in [0.2, 0.25) is 5.70 Å². The van der Waals surface area contributed by atoms with Crippen LogP contribution in [0.2, 0.25) is 0 Å². The number of nitrogens with zero attached hydrogens (tertiary/aromatic N) is 7. The average molecular weight is 449 g/mol. The second kappa shape index (κ2) is 8.48. The predicted molar refractivity (Wildman–Crippen MR) is 129 cm³/mol. The molecule has 3 N–H and O–H groups in total. The number of nitrogens with two attached hydrogens (primary N) is 1. The first-order valence-electron chi connectivity index (χ1n) is 10.4. The Morgan fingerprint density at radius 1 is 1.18 bits per heavy atom. The van der Waals surface area contributed by atoms with Crippen LogP contribution in [-0.2, 0) is 11.3 Å². The number of carbonyl (C=O) groups is 1. The van der Waals surface area contributed by atoms with Gasteiger partial charge in [0, 0.05) is 17.8 Å². The van der Waals surface area contributed by atoms with Crippen molar-refractivity contribution in [3.8, 4) is 11.3 Å². The first-order valence-corrected chi connectivity index (χ1v) is 10.4. The van der Waals surface area contributed by atoms with Crippen LogP contribution in [0.25, 0.3) is 38.2 Å². The zero-order valence-corrected chi connectivity index (χ0v) is 18.0. The fourth-order valence-electron chi connectivity index (χ4n) is 3.83. The molecule has 3 aromatic heterocycles. The van der Waals surface area contributed by atoms with Gasteiger partial charge in [0.25, 0.3) is 5.91 Å². The highest BCUT2D eigenvalue weighted by molar-refractivity contribution is 6.06. The molecule has 5 aromatic rings. The molecule has 0 saturated carbocycles. The van der Waals surface area contributed by atoms with Crippen LogP contribution >= 0.6 is 0 Å². The summed E-state index contributed by atoms with van der Waals surface area (Å²) < 4.78 is 1.70. The second-order valence-electron chi connectivity index (χ2n) is 7.51. The third-order valence-electron chi connectivity index (χ3n) is 5.48. The Hall–Kier alpha value is -5.04. The fourth-order valence-corrected chi connectivity index (χ4v) is 3.83. The summed E-state index contributed by atoms with van der Waals surface area (Å²) in [5, 5.41) is 5.41. The third kappa shape index (κ3) is 3.61. The molecule has 0 bridgehead atoms. The van der Waals surface area contributed by atoms with Crippen molar-refractivity contribution in [3.63, 3.8) is 0 Å². The number of nitrogen functional groups attached to an aromatic ring is 1. The summed E-state index contributed by atoms with van der Waals surface area (Å²) in [5.41, 5.74) is 10.4. The minimum Gasteiger partial charge on any atom is -0.383 e. The van der Waals surface area contributed by atoms with E-state index in [4.69, 9.17) is 17.4 Å². The summed E-state index contributed by atoms with van der Waals surface area (Å²) in [6, 6.07) is 14.9. The highest BCUT2D eigenvalue weighted by Crippen LogP contribution is 2.31. The van der Waals surface area contributed by atoms with E-state index in [0.717, 1.165) is 16.6 Å². The van der Waals surface area contributed by atoms with Crippen LogP contribution in [0.5, 0.6) is 0 Å². The molecule has 3 heterocycles. The lowest BCUT2D eigenvalue weighted by Crippen LogP contribution is -2.34. The third-order valence-corrected chi connectivity index (χ3v) is 5.48. The van der Waals surface area contributed by atoms with Crippen LogP contribution in [0.3, 0.4) is 0 Å². The lowest BCUT2D eigenvalue weighted by molar-refractivity contribution is -0.114. The normalized spacial score (nSPS) is 10.9. The quantitative estimate of drug-likeness (QED) is 0.302. The molecule has 5 rings (SSSR count). The van der Waals surface area contributed by atoms with Crippen LogP contribution in [0.4, 0.5) is 11.5 Å². The Kier molecular flexibility index (Phi) is 5.20. The zero-order chi connectivity index (χ0) is 23.7. The van der Waals surface area contributed by atoms with E-state index in [1.165, 1.54) is 11.2 Å². The number of aromatic amines is 1. The van der Waals surface area contributed by atoms with Gasteiger partial charge in [-0.15, -0.1) is 0 Å². The Labute approximate surface area is 194 Å². The first-order chi connectivity index (χ1) is 16.6. The summed E-state index contributed by atoms with van der Waals surface area (Å²) in [5.74, 6) is -0.148. The van der Waals surface area contributed by atoms with Gasteiger partial charge in [0.15, 0.2) is 5.65 Å². The van der Waals surface area contributed by atoms with Crippen LogP contribution in [0.1, 0.15) is 0 Å². The molecule has 0 fully saturated rings. The summed E-state index contributed by atoms with van der Waals surface area (Å²) in [4.78, 5) is 33.5. The molecule has 0 atom stereocenters. The van der Waals surface area contributed by atoms with E-state index < -0.39 is 5.91 Å². The molecule has 0 saturated heterocycles. The Balaban J connectivity index is 1.55. The molecule has 1 amide bonds. The Bertz CT molecular complexity index is 1580. The molecule has 34 heavy (non-hydrogen) atoms. The molecule has 0 radical (unpaired) electrons. The number of aromatic nitrogens is 6. The van der Waals surface area contributed by atoms with Gasteiger partial charge in [0.05, 0.1) is 35.9 Å². The maximum atomic E-state index is 12.9. The van der Waals surface area contributed by atoms with Gasteiger partial charge < -0.3 is 15.6 Å². The Morgan fingerprint density at radius 3 is 2.79 bits per heavy atom. The summed E-state index contributed by atoms with van der Waals surface area (Å²) in [6.45, 7) is 11.3. The van der Waals surface area contributed by atoms with Crippen molar-refractivity contribution < 1.29 is 4.79 Å². The number of anilines is 2. The molecule has 2 aromatic carbocycles. The highest BCUT2D eigenvalue weighted by atomic mass is 16.2.